The number of rotatable bonds is 4. The number of hydrogen-bond acceptors (Lipinski definition) is 4. The Morgan fingerprint density at radius 2 is 2.10 bits per heavy atom. The summed E-state index contributed by atoms with van der Waals surface area (Å²) in [6.07, 6.45) is 2.82. The first-order chi connectivity index (χ1) is 9.47. The Labute approximate surface area is 114 Å². The normalized spacial score (nSPS) is 10.9. The Morgan fingerprint density at radius 1 is 1.40 bits per heavy atom. The van der Waals surface area contributed by atoms with Gasteiger partial charge in [0.05, 0.1) is 10.9 Å². The lowest BCUT2D eigenvalue weighted by Gasteiger charge is -2.10. The predicted molar refractivity (Wildman–Crippen MR) is 73.1 cm³/mol. The van der Waals surface area contributed by atoms with Crippen molar-refractivity contribution < 1.29 is 9.90 Å². The van der Waals surface area contributed by atoms with Crippen molar-refractivity contribution >= 4 is 17.0 Å². The van der Waals surface area contributed by atoms with Crippen molar-refractivity contribution in [2.24, 2.45) is 7.05 Å². The highest BCUT2D eigenvalue weighted by Crippen LogP contribution is 2.09. The topological polar surface area (TPSA) is 94.2 Å². The molecule has 0 aliphatic carbocycles. The SMILES string of the molecule is CCCCn1c(=O)n(C)c(=O)c2cc(C(=O)O)cnc21. The standard InChI is InChI=1S/C13H15N3O4/c1-3-4-5-16-10-9(11(17)15(2)13(16)20)6-8(7-14-10)12(18)19/h6-7H,3-5H2,1-2H3,(H,18,19). The van der Waals surface area contributed by atoms with Crippen LogP contribution in [-0.2, 0) is 13.6 Å². The van der Waals surface area contributed by atoms with Crippen LogP contribution in [0.2, 0.25) is 0 Å². The molecule has 0 aliphatic heterocycles. The number of aromatic carboxylic acids is 1. The molecule has 0 aromatic carbocycles. The molecule has 0 fully saturated rings. The minimum absolute atomic E-state index is 0.0738. The maximum Gasteiger partial charge on any atom is 0.337 e. The van der Waals surface area contributed by atoms with Gasteiger partial charge in [-0.15, -0.1) is 0 Å². The number of carbonyl (C=O) groups is 1. The number of fused-ring (bicyclic) bond motifs is 1. The van der Waals surface area contributed by atoms with Crippen molar-refractivity contribution in [3.05, 3.63) is 38.7 Å². The number of aryl methyl sites for hydroxylation is 1. The summed E-state index contributed by atoms with van der Waals surface area (Å²) in [4.78, 5) is 39.1. The molecular formula is C13H15N3O4. The second-order valence-electron chi connectivity index (χ2n) is 4.55. The third kappa shape index (κ3) is 2.22. The average Bonchev–Trinajstić information content (AvgIpc) is 2.44. The van der Waals surface area contributed by atoms with Crippen molar-refractivity contribution in [3.63, 3.8) is 0 Å². The highest BCUT2D eigenvalue weighted by molar-refractivity contribution is 5.91. The largest absolute Gasteiger partial charge is 0.478 e. The fourth-order valence-corrected chi connectivity index (χ4v) is 2.00. The first kappa shape index (κ1) is 14.0. The maximum atomic E-state index is 12.1. The first-order valence-electron chi connectivity index (χ1n) is 6.30. The van der Waals surface area contributed by atoms with E-state index < -0.39 is 17.2 Å². The summed E-state index contributed by atoms with van der Waals surface area (Å²) in [7, 11) is 1.37. The molecule has 2 rings (SSSR count). The Balaban J connectivity index is 2.83. The number of nitrogens with zero attached hydrogens (tertiary/aromatic N) is 3. The van der Waals surface area contributed by atoms with E-state index in [0.717, 1.165) is 23.6 Å². The molecule has 0 atom stereocenters. The quantitative estimate of drug-likeness (QED) is 0.882. The van der Waals surface area contributed by atoms with Crippen LogP contribution in [0.25, 0.3) is 11.0 Å². The predicted octanol–water partition coefficient (Wildman–Crippen LogP) is 0.593. The summed E-state index contributed by atoms with van der Waals surface area (Å²) < 4.78 is 2.39. The molecule has 0 saturated heterocycles. The fourth-order valence-electron chi connectivity index (χ4n) is 2.00. The van der Waals surface area contributed by atoms with Gasteiger partial charge in [-0.05, 0) is 12.5 Å². The van der Waals surface area contributed by atoms with Gasteiger partial charge in [0.1, 0.15) is 5.65 Å². The van der Waals surface area contributed by atoms with E-state index in [0.29, 0.717) is 6.54 Å². The van der Waals surface area contributed by atoms with Gasteiger partial charge in [-0.1, -0.05) is 13.3 Å². The van der Waals surface area contributed by atoms with Crippen LogP contribution in [0.1, 0.15) is 30.1 Å². The van der Waals surface area contributed by atoms with Gasteiger partial charge in [-0.25, -0.2) is 14.6 Å². The smallest absolute Gasteiger partial charge is 0.337 e. The van der Waals surface area contributed by atoms with Crippen LogP contribution in [0.15, 0.2) is 21.9 Å². The van der Waals surface area contributed by atoms with Crippen molar-refractivity contribution in [3.8, 4) is 0 Å². The maximum absolute atomic E-state index is 12.1. The van der Waals surface area contributed by atoms with E-state index >= 15 is 0 Å². The van der Waals surface area contributed by atoms with E-state index in [1.807, 2.05) is 6.92 Å². The summed E-state index contributed by atoms with van der Waals surface area (Å²) in [6.45, 7) is 2.44. The second kappa shape index (κ2) is 5.28. The molecule has 0 spiro atoms. The zero-order valence-electron chi connectivity index (χ0n) is 11.3. The number of unbranched alkanes of at least 4 members (excludes halogenated alkanes) is 1. The van der Waals surface area contributed by atoms with Crippen LogP contribution < -0.4 is 11.2 Å². The number of pyridine rings is 1. The van der Waals surface area contributed by atoms with E-state index in [9.17, 15) is 14.4 Å². The van der Waals surface area contributed by atoms with Crippen LogP contribution in [0.3, 0.4) is 0 Å². The zero-order chi connectivity index (χ0) is 14.9. The molecule has 2 aromatic rings. The van der Waals surface area contributed by atoms with Crippen LogP contribution in [-0.4, -0.2) is 25.2 Å². The molecule has 20 heavy (non-hydrogen) atoms. The van der Waals surface area contributed by atoms with Gasteiger partial charge in [0.15, 0.2) is 0 Å². The van der Waals surface area contributed by atoms with Crippen molar-refractivity contribution in [1.29, 1.82) is 0 Å². The summed E-state index contributed by atoms with van der Waals surface area (Å²) >= 11 is 0. The van der Waals surface area contributed by atoms with Crippen LogP contribution >= 0.6 is 0 Å². The minimum atomic E-state index is -1.16. The van der Waals surface area contributed by atoms with Gasteiger partial charge in [-0.2, -0.15) is 0 Å². The lowest BCUT2D eigenvalue weighted by Crippen LogP contribution is -2.38. The molecule has 106 valence electrons. The summed E-state index contributed by atoms with van der Waals surface area (Å²) in [6, 6.07) is 1.26. The molecule has 0 amide bonds. The third-order valence-corrected chi connectivity index (χ3v) is 3.16. The van der Waals surface area contributed by atoms with E-state index in [-0.39, 0.29) is 16.6 Å². The molecule has 0 aliphatic rings. The number of aromatic nitrogens is 3. The molecule has 0 radical (unpaired) electrons. The Morgan fingerprint density at radius 3 is 2.70 bits per heavy atom. The Hall–Kier alpha value is -2.44. The molecule has 7 heteroatoms. The molecule has 1 N–H and O–H groups in total. The molecule has 2 aromatic heterocycles. The molecule has 2 heterocycles. The van der Waals surface area contributed by atoms with E-state index in [2.05, 4.69) is 4.98 Å². The molecular weight excluding hydrogens is 262 g/mol. The average molecular weight is 277 g/mol. The Bertz CT molecular complexity index is 789. The van der Waals surface area contributed by atoms with Gasteiger partial charge in [0.25, 0.3) is 5.56 Å². The van der Waals surface area contributed by atoms with Gasteiger partial charge < -0.3 is 5.11 Å². The number of carboxylic acid groups (broad SMARTS) is 1. The fraction of sp³-hybridized carbons (Fsp3) is 0.385. The van der Waals surface area contributed by atoms with Crippen LogP contribution in [0, 0.1) is 0 Å². The van der Waals surface area contributed by atoms with Gasteiger partial charge in [0, 0.05) is 19.8 Å². The van der Waals surface area contributed by atoms with Crippen LogP contribution in [0.4, 0.5) is 0 Å². The lowest BCUT2D eigenvalue weighted by molar-refractivity contribution is 0.0696. The highest BCUT2D eigenvalue weighted by atomic mass is 16.4. The van der Waals surface area contributed by atoms with Crippen molar-refractivity contribution in [2.45, 2.75) is 26.3 Å². The van der Waals surface area contributed by atoms with E-state index in [1.165, 1.54) is 17.7 Å². The lowest BCUT2D eigenvalue weighted by atomic mass is 10.2. The Kier molecular flexibility index (Phi) is 3.69. The van der Waals surface area contributed by atoms with Gasteiger partial charge >= 0.3 is 11.7 Å². The number of carboxylic acids is 1. The van der Waals surface area contributed by atoms with Crippen molar-refractivity contribution in [2.75, 3.05) is 0 Å². The van der Waals surface area contributed by atoms with E-state index in [4.69, 9.17) is 5.11 Å². The monoisotopic (exact) mass is 277 g/mol. The summed E-state index contributed by atoms with van der Waals surface area (Å²) in [5, 5.41) is 9.09. The van der Waals surface area contributed by atoms with Gasteiger partial charge in [-0.3, -0.25) is 13.9 Å². The minimum Gasteiger partial charge on any atom is -0.478 e. The van der Waals surface area contributed by atoms with Crippen molar-refractivity contribution in [1.82, 2.24) is 14.1 Å². The zero-order valence-corrected chi connectivity index (χ0v) is 11.3. The molecule has 0 saturated carbocycles. The number of hydrogen-bond donors (Lipinski definition) is 1. The first-order valence-corrected chi connectivity index (χ1v) is 6.30. The summed E-state index contributed by atoms with van der Waals surface area (Å²) in [5.74, 6) is -1.16. The molecule has 0 unspecified atom stereocenters. The highest BCUT2D eigenvalue weighted by Gasteiger charge is 2.14. The molecule has 7 nitrogen and oxygen atoms in total. The third-order valence-electron chi connectivity index (χ3n) is 3.16. The van der Waals surface area contributed by atoms with Gasteiger partial charge in [0.2, 0.25) is 0 Å². The second-order valence-corrected chi connectivity index (χ2v) is 4.55. The summed E-state index contributed by atoms with van der Waals surface area (Å²) in [5.41, 5.74) is -0.813. The van der Waals surface area contributed by atoms with Crippen LogP contribution in [0.5, 0.6) is 0 Å². The molecule has 0 bridgehead atoms. The van der Waals surface area contributed by atoms with E-state index in [1.54, 1.807) is 0 Å².